The van der Waals surface area contributed by atoms with Gasteiger partial charge in [0.05, 0.1) is 11.4 Å². The lowest BCUT2D eigenvalue weighted by Gasteiger charge is -1.98. The molecule has 0 fully saturated rings. The van der Waals surface area contributed by atoms with Crippen LogP contribution in [0.2, 0.25) is 0 Å². The predicted molar refractivity (Wildman–Crippen MR) is 125 cm³/mol. The molecule has 0 radical (unpaired) electrons. The number of hydrogen-bond donors (Lipinski definition) is 6. The van der Waals surface area contributed by atoms with Gasteiger partial charge in [0.1, 0.15) is 11.6 Å². The Hall–Kier alpha value is -5.00. The van der Waals surface area contributed by atoms with Crippen LogP contribution in [0, 0.1) is 0 Å². The van der Waals surface area contributed by atoms with Gasteiger partial charge in [-0.3, -0.25) is 10.2 Å². The molecule has 2 heterocycles. The van der Waals surface area contributed by atoms with Crippen LogP contribution in [0.25, 0.3) is 12.2 Å². The molecule has 4 rings (SSSR count). The van der Waals surface area contributed by atoms with E-state index in [9.17, 15) is 0 Å². The first kappa shape index (κ1) is 20.3. The number of nitrogens with two attached hydrogens (primary N) is 4. The Morgan fingerprint density at radius 3 is 1.25 bits per heavy atom. The summed E-state index contributed by atoms with van der Waals surface area (Å²) in [5.41, 5.74) is 26.7. The number of nitrogens with one attached hydrogen (secondary N) is 2. The molecule has 0 aliphatic heterocycles. The highest BCUT2D eigenvalue weighted by molar-refractivity contribution is 5.72. The average molecular weight is 428 g/mol. The summed E-state index contributed by atoms with van der Waals surface area (Å²) in [5, 5.41) is 29.0. The van der Waals surface area contributed by atoms with E-state index in [1.165, 1.54) is 0 Å². The molecule has 0 aliphatic carbocycles. The van der Waals surface area contributed by atoms with Crippen molar-refractivity contribution in [2.24, 2.45) is 20.5 Å². The molecule has 12 heteroatoms. The summed E-state index contributed by atoms with van der Waals surface area (Å²) < 4.78 is 0. The van der Waals surface area contributed by atoms with Gasteiger partial charge in [0.25, 0.3) is 0 Å². The topological polar surface area (TPSA) is 211 Å². The quantitative estimate of drug-likeness (QED) is 0.192. The molecule has 0 atom stereocenters. The van der Waals surface area contributed by atoms with Crippen LogP contribution in [0.15, 0.2) is 69.0 Å². The molecule has 2 aromatic carbocycles. The molecule has 0 aliphatic rings. The maximum Gasteiger partial charge on any atom is 0.175 e. The molecule has 0 spiro atoms. The van der Waals surface area contributed by atoms with Gasteiger partial charge in [-0.2, -0.15) is 20.4 Å². The highest BCUT2D eigenvalue weighted by Gasteiger charge is 2.07. The molecule has 0 amide bonds. The Labute approximate surface area is 182 Å². The molecule has 32 heavy (non-hydrogen) atoms. The van der Waals surface area contributed by atoms with Crippen LogP contribution in [-0.4, -0.2) is 20.4 Å². The molecule has 0 unspecified atom stereocenters. The highest BCUT2D eigenvalue weighted by Crippen LogP contribution is 2.29. The molecule has 0 saturated heterocycles. The summed E-state index contributed by atoms with van der Waals surface area (Å²) in [7, 11) is 0. The van der Waals surface area contributed by atoms with E-state index in [-0.39, 0.29) is 23.3 Å². The van der Waals surface area contributed by atoms with Gasteiger partial charge < -0.3 is 22.9 Å². The van der Waals surface area contributed by atoms with Crippen LogP contribution in [0.3, 0.4) is 0 Å². The minimum absolute atomic E-state index is 0.202. The largest absolute Gasteiger partial charge is 0.382 e. The maximum absolute atomic E-state index is 5.70. The van der Waals surface area contributed by atoms with E-state index in [1.807, 2.05) is 60.7 Å². The Balaban J connectivity index is 1.39. The van der Waals surface area contributed by atoms with E-state index in [2.05, 4.69) is 40.9 Å². The number of hydrogen-bond acceptors (Lipinski definition) is 10. The van der Waals surface area contributed by atoms with Crippen LogP contribution in [0.4, 0.5) is 46.0 Å². The van der Waals surface area contributed by atoms with E-state index in [0.29, 0.717) is 22.7 Å². The molecular weight excluding hydrogens is 408 g/mol. The fourth-order valence-corrected chi connectivity index (χ4v) is 2.65. The third-order valence-corrected chi connectivity index (χ3v) is 4.37. The van der Waals surface area contributed by atoms with E-state index in [4.69, 9.17) is 22.9 Å². The molecule has 4 aromatic rings. The smallest absolute Gasteiger partial charge is 0.175 e. The van der Waals surface area contributed by atoms with Crippen LogP contribution in [0.5, 0.6) is 0 Å². The monoisotopic (exact) mass is 428 g/mol. The molecule has 12 nitrogen and oxygen atoms in total. The van der Waals surface area contributed by atoms with Crippen molar-refractivity contribution in [1.82, 2.24) is 20.4 Å². The number of anilines is 4. The van der Waals surface area contributed by atoms with Gasteiger partial charge in [0, 0.05) is 0 Å². The van der Waals surface area contributed by atoms with Gasteiger partial charge in [-0.25, -0.2) is 0 Å². The lowest BCUT2D eigenvalue weighted by Crippen LogP contribution is -1.84. The summed E-state index contributed by atoms with van der Waals surface area (Å²) >= 11 is 0. The molecule has 0 bridgehead atoms. The second kappa shape index (κ2) is 8.79. The third-order valence-electron chi connectivity index (χ3n) is 4.37. The zero-order valence-electron chi connectivity index (χ0n) is 16.8. The van der Waals surface area contributed by atoms with E-state index >= 15 is 0 Å². The molecule has 2 aromatic heterocycles. The van der Waals surface area contributed by atoms with Crippen molar-refractivity contribution >= 4 is 58.2 Å². The number of aromatic amines is 2. The lowest BCUT2D eigenvalue weighted by molar-refractivity contribution is 1.11. The minimum Gasteiger partial charge on any atom is -0.382 e. The van der Waals surface area contributed by atoms with Crippen LogP contribution < -0.4 is 22.9 Å². The Morgan fingerprint density at radius 2 is 0.938 bits per heavy atom. The van der Waals surface area contributed by atoms with Gasteiger partial charge in [-0.1, -0.05) is 36.4 Å². The first-order valence-electron chi connectivity index (χ1n) is 9.40. The second-order valence-electron chi connectivity index (χ2n) is 6.66. The van der Waals surface area contributed by atoms with Crippen molar-refractivity contribution in [1.29, 1.82) is 0 Å². The maximum atomic E-state index is 5.70. The summed E-state index contributed by atoms with van der Waals surface area (Å²) in [6.07, 6.45) is 3.97. The normalized spacial score (nSPS) is 11.9. The standard InChI is InChI=1S/C20H20N12/c21-17-15(18(22)30-29-17)27-25-13-7-3-11(4-8-13)1-2-12-5-9-14(10-6-12)26-28-16-19(23)31-32-20(16)24/h1-10H,(H5,21,22,29,30)(H5,23,24,31,32)/b2-1+,27-25+,28-26+. The lowest BCUT2D eigenvalue weighted by atomic mass is 10.1. The number of aromatic nitrogens is 4. The number of nitrogens with zero attached hydrogens (tertiary/aromatic N) is 6. The zero-order chi connectivity index (χ0) is 22.5. The fourth-order valence-electron chi connectivity index (χ4n) is 2.65. The molecule has 10 N–H and O–H groups in total. The Morgan fingerprint density at radius 1 is 0.562 bits per heavy atom. The Bertz CT molecular complexity index is 1150. The highest BCUT2D eigenvalue weighted by atomic mass is 15.3. The summed E-state index contributed by atoms with van der Waals surface area (Å²) in [6.45, 7) is 0. The van der Waals surface area contributed by atoms with Gasteiger partial charge in [0.15, 0.2) is 23.0 Å². The third kappa shape index (κ3) is 4.59. The van der Waals surface area contributed by atoms with E-state index in [1.54, 1.807) is 0 Å². The van der Waals surface area contributed by atoms with E-state index < -0.39 is 0 Å². The number of H-pyrrole nitrogens is 2. The van der Waals surface area contributed by atoms with Crippen LogP contribution in [0.1, 0.15) is 11.1 Å². The molecular formula is C20H20N12. The van der Waals surface area contributed by atoms with Crippen molar-refractivity contribution < 1.29 is 0 Å². The van der Waals surface area contributed by atoms with Crippen molar-refractivity contribution in [3.8, 4) is 0 Å². The van der Waals surface area contributed by atoms with Crippen molar-refractivity contribution in [2.45, 2.75) is 0 Å². The number of rotatable bonds is 6. The number of benzene rings is 2. The number of nitrogen functional groups attached to an aromatic ring is 4. The molecule has 0 saturated carbocycles. The van der Waals surface area contributed by atoms with Gasteiger partial charge >= 0.3 is 0 Å². The average Bonchev–Trinajstić information content (AvgIpc) is 3.30. The molecule has 160 valence electrons. The van der Waals surface area contributed by atoms with Gasteiger partial charge in [-0.15, -0.1) is 10.2 Å². The number of azo groups is 2. The summed E-state index contributed by atoms with van der Waals surface area (Å²) in [6, 6.07) is 15.1. The first-order valence-corrected chi connectivity index (χ1v) is 9.40. The summed E-state index contributed by atoms with van der Waals surface area (Å²) in [4.78, 5) is 0. The van der Waals surface area contributed by atoms with Crippen molar-refractivity contribution in [2.75, 3.05) is 22.9 Å². The van der Waals surface area contributed by atoms with Crippen LogP contribution >= 0.6 is 0 Å². The second-order valence-corrected chi connectivity index (χ2v) is 6.66. The van der Waals surface area contributed by atoms with Crippen molar-refractivity contribution in [3.63, 3.8) is 0 Å². The van der Waals surface area contributed by atoms with E-state index in [0.717, 1.165) is 11.1 Å². The van der Waals surface area contributed by atoms with Crippen LogP contribution in [-0.2, 0) is 0 Å². The Kier molecular flexibility index (Phi) is 5.57. The summed E-state index contributed by atoms with van der Waals surface area (Å²) in [5.74, 6) is 0.946. The van der Waals surface area contributed by atoms with Gasteiger partial charge in [-0.05, 0) is 35.4 Å². The van der Waals surface area contributed by atoms with Gasteiger partial charge in [0.2, 0.25) is 0 Å². The minimum atomic E-state index is 0.202. The van der Waals surface area contributed by atoms with Crippen molar-refractivity contribution in [3.05, 3.63) is 59.7 Å². The predicted octanol–water partition coefficient (Wildman–Crippen LogP) is 4.46. The fraction of sp³-hybridized carbons (Fsp3) is 0. The zero-order valence-corrected chi connectivity index (χ0v) is 16.8. The first-order chi connectivity index (χ1) is 15.5. The SMILES string of the molecule is Nc1n[nH]c(N)c1/N=N/c1ccc(/C=C/c2ccc(/N=N/c3c(N)n[nH]c3N)cc2)cc1.